The number of imidazole rings is 1. The molecule has 0 aliphatic rings. The molecule has 2 rings (SSSR count). The summed E-state index contributed by atoms with van der Waals surface area (Å²) in [6, 6.07) is 8.11. The fraction of sp³-hybridized carbons (Fsp3) is 0.412. The number of halogens is 1. The van der Waals surface area contributed by atoms with Crippen LogP contribution in [0.3, 0.4) is 0 Å². The van der Waals surface area contributed by atoms with Crippen LogP contribution in [0.15, 0.2) is 28.7 Å². The second kappa shape index (κ2) is 7.58. The molecule has 0 saturated carbocycles. The Balaban J connectivity index is 2.42. The molecule has 1 aromatic heterocycles. The second-order valence-electron chi connectivity index (χ2n) is 5.31. The van der Waals surface area contributed by atoms with Crippen molar-refractivity contribution < 1.29 is 9.90 Å². The van der Waals surface area contributed by atoms with Gasteiger partial charge in [-0.1, -0.05) is 41.9 Å². The van der Waals surface area contributed by atoms with E-state index in [0.717, 1.165) is 46.5 Å². The smallest absolute Gasteiger partial charge is 0.309 e. The predicted octanol–water partition coefficient (Wildman–Crippen LogP) is 3.84. The van der Waals surface area contributed by atoms with E-state index in [1.165, 1.54) is 0 Å². The van der Waals surface area contributed by atoms with Gasteiger partial charge in [-0.05, 0) is 30.5 Å². The van der Waals surface area contributed by atoms with Gasteiger partial charge in [-0.3, -0.25) is 4.79 Å². The highest BCUT2D eigenvalue weighted by atomic mass is 79.9. The highest BCUT2D eigenvalue weighted by molar-refractivity contribution is 9.10. The quantitative estimate of drug-likeness (QED) is 0.811. The van der Waals surface area contributed by atoms with E-state index in [-0.39, 0.29) is 6.42 Å². The summed E-state index contributed by atoms with van der Waals surface area (Å²) in [4.78, 5) is 15.9. The number of hydrogen-bond acceptors (Lipinski definition) is 2. The minimum atomic E-state index is -0.810. The van der Waals surface area contributed by atoms with Gasteiger partial charge in [0.1, 0.15) is 5.82 Å². The maximum absolute atomic E-state index is 11.2. The van der Waals surface area contributed by atoms with Gasteiger partial charge in [-0.25, -0.2) is 4.98 Å². The first-order chi connectivity index (χ1) is 10.5. The van der Waals surface area contributed by atoms with E-state index in [9.17, 15) is 9.90 Å². The molecule has 0 amide bonds. The molecular weight excluding hydrogens is 344 g/mol. The Morgan fingerprint density at radius 1 is 1.27 bits per heavy atom. The molecule has 0 saturated heterocycles. The molecule has 0 spiro atoms. The van der Waals surface area contributed by atoms with Crippen molar-refractivity contribution in [2.45, 2.75) is 46.1 Å². The van der Waals surface area contributed by atoms with Crippen molar-refractivity contribution >= 4 is 21.9 Å². The molecule has 1 heterocycles. The molecule has 1 N–H and O–H groups in total. The number of carboxylic acids is 1. The van der Waals surface area contributed by atoms with Crippen LogP contribution in [0.1, 0.15) is 43.0 Å². The Kier molecular flexibility index (Phi) is 5.77. The van der Waals surface area contributed by atoms with E-state index < -0.39 is 5.97 Å². The Morgan fingerprint density at radius 2 is 1.95 bits per heavy atom. The lowest BCUT2D eigenvalue weighted by Gasteiger charge is -2.12. The van der Waals surface area contributed by atoms with Gasteiger partial charge in [-0.2, -0.15) is 0 Å². The average molecular weight is 365 g/mol. The van der Waals surface area contributed by atoms with Gasteiger partial charge in [0.15, 0.2) is 0 Å². The third kappa shape index (κ3) is 3.97. The summed E-state index contributed by atoms with van der Waals surface area (Å²) in [6.07, 6.45) is 2.64. The number of aryl methyl sites for hydroxylation is 2. The first kappa shape index (κ1) is 16.7. The van der Waals surface area contributed by atoms with Crippen molar-refractivity contribution in [3.8, 4) is 0 Å². The Bertz CT molecular complexity index is 647. The summed E-state index contributed by atoms with van der Waals surface area (Å²) in [5, 5.41) is 9.21. The van der Waals surface area contributed by atoms with Crippen LogP contribution in [0, 0.1) is 0 Å². The largest absolute Gasteiger partial charge is 0.481 e. The van der Waals surface area contributed by atoms with Gasteiger partial charge in [0.25, 0.3) is 0 Å². The van der Waals surface area contributed by atoms with Crippen molar-refractivity contribution in [3.05, 3.63) is 51.5 Å². The topological polar surface area (TPSA) is 55.1 Å². The lowest BCUT2D eigenvalue weighted by atomic mass is 10.2. The molecule has 0 fully saturated rings. The summed E-state index contributed by atoms with van der Waals surface area (Å²) < 4.78 is 3.12. The summed E-state index contributed by atoms with van der Waals surface area (Å²) in [7, 11) is 0. The standard InChI is InChI=1S/C17H21BrN2O2/c1-3-5-16-19-14(4-2)15(10-17(21)22)20(16)11-12-6-8-13(18)9-7-12/h6-9H,3-5,10-11H2,1-2H3,(H,21,22). The lowest BCUT2D eigenvalue weighted by Crippen LogP contribution is -2.13. The molecule has 0 unspecified atom stereocenters. The predicted molar refractivity (Wildman–Crippen MR) is 90.2 cm³/mol. The molecular formula is C17H21BrN2O2. The van der Waals surface area contributed by atoms with Crippen molar-refractivity contribution in [1.29, 1.82) is 0 Å². The highest BCUT2D eigenvalue weighted by Crippen LogP contribution is 2.19. The van der Waals surface area contributed by atoms with Crippen molar-refractivity contribution in [3.63, 3.8) is 0 Å². The first-order valence-electron chi connectivity index (χ1n) is 7.58. The third-order valence-electron chi connectivity index (χ3n) is 3.62. The molecule has 0 aliphatic carbocycles. The zero-order valence-corrected chi connectivity index (χ0v) is 14.6. The molecule has 22 heavy (non-hydrogen) atoms. The van der Waals surface area contributed by atoms with Crippen LogP contribution >= 0.6 is 15.9 Å². The van der Waals surface area contributed by atoms with Gasteiger partial charge >= 0.3 is 5.97 Å². The lowest BCUT2D eigenvalue weighted by molar-refractivity contribution is -0.136. The van der Waals surface area contributed by atoms with E-state index >= 15 is 0 Å². The Hall–Kier alpha value is -1.62. The van der Waals surface area contributed by atoms with Gasteiger partial charge in [0.05, 0.1) is 17.8 Å². The molecule has 0 radical (unpaired) electrons. The second-order valence-corrected chi connectivity index (χ2v) is 6.22. The minimum Gasteiger partial charge on any atom is -0.481 e. The molecule has 4 nitrogen and oxygen atoms in total. The van der Waals surface area contributed by atoms with Gasteiger partial charge in [0.2, 0.25) is 0 Å². The number of carbonyl (C=O) groups is 1. The van der Waals surface area contributed by atoms with Crippen molar-refractivity contribution in [2.24, 2.45) is 0 Å². The fourth-order valence-electron chi connectivity index (χ4n) is 2.59. The molecule has 0 bridgehead atoms. The number of benzene rings is 1. The normalized spacial score (nSPS) is 10.9. The zero-order valence-electron chi connectivity index (χ0n) is 13.0. The molecule has 5 heteroatoms. The summed E-state index contributed by atoms with van der Waals surface area (Å²) in [5.41, 5.74) is 2.89. The maximum atomic E-state index is 11.2. The van der Waals surface area contributed by atoms with E-state index in [4.69, 9.17) is 0 Å². The van der Waals surface area contributed by atoms with Gasteiger partial charge < -0.3 is 9.67 Å². The summed E-state index contributed by atoms with van der Waals surface area (Å²) in [5.74, 6) is 0.174. The SMILES string of the molecule is CCCc1nc(CC)c(CC(=O)O)n1Cc1ccc(Br)cc1. The monoisotopic (exact) mass is 364 g/mol. The number of rotatable bonds is 7. The van der Waals surface area contributed by atoms with E-state index in [2.05, 4.69) is 44.5 Å². The minimum absolute atomic E-state index is 0.0242. The fourth-order valence-corrected chi connectivity index (χ4v) is 2.85. The van der Waals surface area contributed by atoms with E-state index in [1.807, 2.05) is 19.1 Å². The number of aliphatic carboxylic acids is 1. The zero-order chi connectivity index (χ0) is 16.1. The summed E-state index contributed by atoms with van der Waals surface area (Å²) >= 11 is 3.44. The number of aromatic nitrogens is 2. The molecule has 1 aromatic carbocycles. The maximum Gasteiger partial charge on any atom is 0.309 e. The summed E-state index contributed by atoms with van der Waals surface area (Å²) in [6.45, 7) is 4.80. The van der Waals surface area contributed by atoms with Crippen LogP contribution in [0.5, 0.6) is 0 Å². The molecule has 0 aliphatic heterocycles. The van der Waals surface area contributed by atoms with Crippen LogP contribution in [0.2, 0.25) is 0 Å². The molecule has 2 aromatic rings. The molecule has 0 atom stereocenters. The Morgan fingerprint density at radius 3 is 2.50 bits per heavy atom. The van der Waals surface area contributed by atoms with Crippen LogP contribution in [-0.2, 0) is 30.6 Å². The number of carboxylic acid groups (broad SMARTS) is 1. The van der Waals surface area contributed by atoms with Crippen LogP contribution in [0.4, 0.5) is 0 Å². The first-order valence-corrected chi connectivity index (χ1v) is 8.37. The van der Waals surface area contributed by atoms with E-state index in [0.29, 0.717) is 6.54 Å². The average Bonchev–Trinajstić information content (AvgIpc) is 2.79. The molecule has 118 valence electrons. The highest BCUT2D eigenvalue weighted by Gasteiger charge is 2.18. The van der Waals surface area contributed by atoms with E-state index in [1.54, 1.807) is 0 Å². The van der Waals surface area contributed by atoms with Crippen molar-refractivity contribution in [2.75, 3.05) is 0 Å². The van der Waals surface area contributed by atoms with Gasteiger partial charge in [-0.15, -0.1) is 0 Å². The van der Waals surface area contributed by atoms with Crippen molar-refractivity contribution in [1.82, 2.24) is 9.55 Å². The Labute approximate surface area is 139 Å². The number of nitrogens with zero attached hydrogens (tertiary/aromatic N) is 2. The van der Waals surface area contributed by atoms with Gasteiger partial charge in [0, 0.05) is 17.4 Å². The van der Waals surface area contributed by atoms with Crippen LogP contribution in [0.25, 0.3) is 0 Å². The van der Waals surface area contributed by atoms with Crippen LogP contribution < -0.4 is 0 Å². The third-order valence-corrected chi connectivity index (χ3v) is 4.14. The number of hydrogen-bond donors (Lipinski definition) is 1. The van der Waals surface area contributed by atoms with Crippen LogP contribution in [-0.4, -0.2) is 20.6 Å².